The Hall–Kier alpha value is -1.59. The van der Waals surface area contributed by atoms with Crippen LogP contribution in [-0.2, 0) is 17.6 Å². The number of hydrogen-bond acceptors (Lipinski definition) is 4. The van der Waals surface area contributed by atoms with E-state index < -0.39 is 18.2 Å². The number of carbonyl (C=O) groups is 1. The van der Waals surface area contributed by atoms with Crippen molar-refractivity contribution in [2.45, 2.75) is 83.3 Å². The predicted octanol–water partition coefficient (Wildman–Crippen LogP) is 3.82. The largest absolute Gasteiger partial charge is 0.481 e. The summed E-state index contributed by atoms with van der Waals surface area (Å²) in [5.41, 5.74) is 0.996. The van der Waals surface area contributed by atoms with Gasteiger partial charge in [0.2, 0.25) is 0 Å². The van der Waals surface area contributed by atoms with Crippen LogP contribution in [0, 0.1) is 5.92 Å². The average Bonchev–Trinajstić information content (AvgIpc) is 3.10. The van der Waals surface area contributed by atoms with Gasteiger partial charge in [0.1, 0.15) is 11.5 Å². The van der Waals surface area contributed by atoms with Crippen LogP contribution in [0.5, 0.6) is 0 Å². The first-order valence-corrected chi connectivity index (χ1v) is 9.80. The summed E-state index contributed by atoms with van der Waals surface area (Å²) in [5.74, 6) is 0.955. The number of rotatable bonds is 11. The van der Waals surface area contributed by atoms with Gasteiger partial charge in [0.15, 0.2) is 0 Å². The van der Waals surface area contributed by atoms with E-state index in [0.29, 0.717) is 19.3 Å². The minimum absolute atomic E-state index is 0.144. The van der Waals surface area contributed by atoms with Crippen LogP contribution in [0.4, 0.5) is 0 Å². The molecule has 0 saturated carbocycles. The Labute approximate surface area is 155 Å². The zero-order chi connectivity index (χ0) is 19.1. The molecule has 0 spiro atoms. The van der Waals surface area contributed by atoms with Crippen LogP contribution in [0.3, 0.4) is 0 Å². The zero-order valence-corrected chi connectivity index (χ0v) is 15.9. The molecule has 4 atom stereocenters. The molecule has 0 fully saturated rings. The molecule has 0 amide bonds. The van der Waals surface area contributed by atoms with E-state index in [2.05, 4.69) is 6.92 Å². The van der Waals surface area contributed by atoms with Crippen LogP contribution in [0.25, 0.3) is 0 Å². The second-order valence-corrected chi connectivity index (χ2v) is 7.48. The van der Waals surface area contributed by atoms with E-state index in [0.717, 1.165) is 42.8 Å². The highest BCUT2D eigenvalue weighted by molar-refractivity contribution is 5.66. The first-order valence-electron chi connectivity index (χ1n) is 9.80. The van der Waals surface area contributed by atoms with Crippen molar-refractivity contribution in [1.29, 1.82) is 0 Å². The maximum absolute atomic E-state index is 10.6. The van der Waals surface area contributed by atoms with E-state index in [-0.39, 0.29) is 18.3 Å². The summed E-state index contributed by atoms with van der Waals surface area (Å²) in [7, 11) is 0. The van der Waals surface area contributed by atoms with Crippen LogP contribution >= 0.6 is 0 Å². The number of hydrogen-bond donors (Lipinski definition) is 3. The van der Waals surface area contributed by atoms with Crippen molar-refractivity contribution in [2.24, 2.45) is 5.92 Å². The minimum Gasteiger partial charge on any atom is -0.481 e. The molecular weight excluding hydrogens is 332 g/mol. The number of carboxylic acids is 1. The van der Waals surface area contributed by atoms with Gasteiger partial charge in [-0.3, -0.25) is 4.79 Å². The van der Waals surface area contributed by atoms with Crippen LogP contribution in [-0.4, -0.2) is 33.5 Å². The number of aliphatic hydroxyl groups excluding tert-OH is 2. The highest BCUT2D eigenvalue weighted by Gasteiger charge is 2.33. The smallest absolute Gasteiger partial charge is 0.303 e. The Balaban J connectivity index is 1.93. The lowest BCUT2D eigenvalue weighted by atomic mass is 9.94. The fraction of sp³-hybridized carbons (Fsp3) is 0.667. The van der Waals surface area contributed by atoms with Crippen molar-refractivity contribution in [3.05, 3.63) is 35.3 Å². The summed E-state index contributed by atoms with van der Waals surface area (Å²) in [4.78, 5) is 10.6. The van der Waals surface area contributed by atoms with Crippen molar-refractivity contribution in [2.75, 3.05) is 0 Å². The van der Waals surface area contributed by atoms with Crippen molar-refractivity contribution in [3.63, 3.8) is 0 Å². The topological polar surface area (TPSA) is 90.9 Å². The Bertz CT molecular complexity index is 604. The number of furan rings is 1. The molecule has 146 valence electrons. The van der Waals surface area contributed by atoms with Gasteiger partial charge in [-0.1, -0.05) is 38.8 Å². The van der Waals surface area contributed by atoms with E-state index in [1.54, 1.807) is 0 Å². The van der Waals surface area contributed by atoms with Crippen LogP contribution in [0.2, 0.25) is 0 Å². The molecule has 1 aromatic heterocycles. The van der Waals surface area contributed by atoms with E-state index >= 15 is 0 Å². The first-order chi connectivity index (χ1) is 12.4. The molecule has 5 nitrogen and oxygen atoms in total. The van der Waals surface area contributed by atoms with Crippen LogP contribution in [0.1, 0.15) is 75.4 Å². The first kappa shape index (κ1) is 20.7. The lowest BCUT2D eigenvalue weighted by Gasteiger charge is -2.16. The Morgan fingerprint density at radius 3 is 2.85 bits per heavy atom. The van der Waals surface area contributed by atoms with Crippen LogP contribution < -0.4 is 0 Å². The highest BCUT2D eigenvalue weighted by atomic mass is 16.4. The number of fused-ring (bicyclic) bond motifs is 1. The molecule has 0 saturated heterocycles. The fourth-order valence-electron chi connectivity index (χ4n) is 3.52. The number of unbranched alkanes of at least 4 members (excludes halogenated alkanes) is 2. The normalized spacial score (nSPS) is 21.8. The van der Waals surface area contributed by atoms with Gasteiger partial charge in [0.25, 0.3) is 0 Å². The lowest BCUT2D eigenvalue weighted by Crippen LogP contribution is -2.16. The number of aliphatic hydroxyl groups is 2. The average molecular weight is 364 g/mol. The maximum atomic E-state index is 10.6. The predicted molar refractivity (Wildman–Crippen MR) is 100 cm³/mol. The van der Waals surface area contributed by atoms with Gasteiger partial charge in [-0.25, -0.2) is 0 Å². The highest BCUT2D eigenvalue weighted by Crippen LogP contribution is 2.37. The van der Waals surface area contributed by atoms with Gasteiger partial charge in [0.05, 0.1) is 12.2 Å². The Morgan fingerprint density at radius 1 is 1.38 bits per heavy atom. The van der Waals surface area contributed by atoms with E-state index in [4.69, 9.17) is 9.52 Å². The lowest BCUT2D eigenvalue weighted by molar-refractivity contribution is -0.137. The molecule has 1 heterocycles. The minimum atomic E-state index is -0.771. The number of aliphatic carboxylic acids is 1. The van der Waals surface area contributed by atoms with Crippen molar-refractivity contribution < 1.29 is 24.5 Å². The summed E-state index contributed by atoms with van der Waals surface area (Å²) in [6.45, 7) is 4.19. The summed E-state index contributed by atoms with van der Waals surface area (Å²) in [5, 5.41) is 29.3. The zero-order valence-electron chi connectivity index (χ0n) is 15.9. The van der Waals surface area contributed by atoms with Gasteiger partial charge in [-0.15, -0.1) is 0 Å². The fourth-order valence-corrected chi connectivity index (χ4v) is 3.52. The number of carboxylic acid groups (broad SMARTS) is 1. The summed E-state index contributed by atoms with van der Waals surface area (Å²) in [6, 6.07) is 1.98. The summed E-state index contributed by atoms with van der Waals surface area (Å²) >= 11 is 0. The third kappa shape index (κ3) is 5.71. The Kier molecular flexibility index (Phi) is 7.91. The molecule has 3 N–H and O–H groups in total. The van der Waals surface area contributed by atoms with Crippen molar-refractivity contribution >= 4 is 5.97 Å². The quantitative estimate of drug-likeness (QED) is 0.410. The summed E-state index contributed by atoms with van der Waals surface area (Å²) < 4.78 is 5.84. The van der Waals surface area contributed by atoms with Gasteiger partial charge in [-0.2, -0.15) is 0 Å². The molecule has 0 aromatic carbocycles. The van der Waals surface area contributed by atoms with Crippen LogP contribution in [0.15, 0.2) is 22.6 Å². The molecular formula is C21H32O5. The SMILES string of the molecule is CCCC[C@@H](C)[C@H](O)/C=C/C1c2cc(CCCCC(=O)O)oc2C[C@H]1O. The van der Waals surface area contributed by atoms with E-state index in [1.165, 1.54) is 0 Å². The summed E-state index contributed by atoms with van der Waals surface area (Å²) in [6.07, 6.45) is 8.71. The number of aryl methyl sites for hydroxylation is 1. The molecule has 1 aliphatic carbocycles. The molecule has 0 aliphatic heterocycles. The molecule has 0 bridgehead atoms. The second-order valence-electron chi connectivity index (χ2n) is 7.48. The standard InChI is InChI=1S/C21H32O5/c1-3-4-7-14(2)18(22)11-10-16-17-12-15(8-5-6-9-21(24)25)26-20(17)13-19(16)23/h10-12,14,16,18-19,22-23H,3-9,13H2,1-2H3,(H,24,25)/b11-10+/t14-,16?,18-,19-/m1/s1. The van der Waals surface area contributed by atoms with E-state index in [9.17, 15) is 15.0 Å². The van der Waals surface area contributed by atoms with Gasteiger partial charge in [0, 0.05) is 30.7 Å². The van der Waals surface area contributed by atoms with Crippen molar-refractivity contribution in [3.8, 4) is 0 Å². The van der Waals surface area contributed by atoms with Gasteiger partial charge < -0.3 is 19.7 Å². The second kappa shape index (κ2) is 9.93. The third-order valence-corrected chi connectivity index (χ3v) is 5.24. The van der Waals surface area contributed by atoms with E-state index in [1.807, 2.05) is 25.1 Å². The van der Waals surface area contributed by atoms with Gasteiger partial charge in [-0.05, 0) is 31.2 Å². The maximum Gasteiger partial charge on any atom is 0.303 e. The molecule has 1 aromatic rings. The van der Waals surface area contributed by atoms with Gasteiger partial charge >= 0.3 is 5.97 Å². The molecule has 1 aliphatic rings. The molecule has 0 radical (unpaired) electrons. The molecule has 26 heavy (non-hydrogen) atoms. The molecule has 2 rings (SSSR count). The monoisotopic (exact) mass is 364 g/mol. The third-order valence-electron chi connectivity index (χ3n) is 5.24. The molecule has 5 heteroatoms. The van der Waals surface area contributed by atoms with Crippen molar-refractivity contribution in [1.82, 2.24) is 0 Å². The Morgan fingerprint density at radius 2 is 2.15 bits per heavy atom. The molecule has 1 unspecified atom stereocenters.